The van der Waals surface area contributed by atoms with Gasteiger partial charge in [-0.25, -0.2) is 4.98 Å². The molecule has 0 fully saturated rings. The molecule has 0 atom stereocenters. The van der Waals surface area contributed by atoms with Crippen LogP contribution < -0.4 is 10.6 Å². The first-order chi connectivity index (χ1) is 9.52. The van der Waals surface area contributed by atoms with Gasteiger partial charge in [-0.2, -0.15) is 0 Å². The zero-order valence-corrected chi connectivity index (χ0v) is 14.3. The summed E-state index contributed by atoms with van der Waals surface area (Å²) in [6.45, 7) is 0. The van der Waals surface area contributed by atoms with E-state index >= 15 is 0 Å². The van der Waals surface area contributed by atoms with Gasteiger partial charge in [0.2, 0.25) is 0 Å². The third-order valence-electron chi connectivity index (χ3n) is 2.54. The predicted molar refractivity (Wildman–Crippen MR) is 88.6 cm³/mol. The number of nitrogens with zero attached hydrogens (tertiary/aromatic N) is 1. The molecular formula is C13H10Br2ClN3O. The Kier molecular flexibility index (Phi) is 5.01. The highest BCUT2D eigenvalue weighted by Gasteiger charge is 2.13. The van der Waals surface area contributed by atoms with Crippen LogP contribution >= 0.6 is 43.5 Å². The van der Waals surface area contributed by atoms with Gasteiger partial charge in [-0.15, -0.1) is 0 Å². The van der Waals surface area contributed by atoms with Gasteiger partial charge in [-0.1, -0.05) is 17.7 Å². The van der Waals surface area contributed by atoms with E-state index in [-0.39, 0.29) is 5.91 Å². The lowest BCUT2D eigenvalue weighted by Gasteiger charge is -2.10. The van der Waals surface area contributed by atoms with Crippen molar-refractivity contribution in [2.75, 3.05) is 17.7 Å². The van der Waals surface area contributed by atoms with Crippen molar-refractivity contribution >= 4 is 60.9 Å². The van der Waals surface area contributed by atoms with Crippen LogP contribution in [0.3, 0.4) is 0 Å². The monoisotopic (exact) mass is 417 g/mol. The standard InChI is InChI=1S/C13H10Br2ClN3O/c1-17-12-10(16)5-7(6-18-12)13(20)19-11-8(14)3-2-4-9(11)15/h2-6H,1H3,(H,17,18)(H,19,20). The molecule has 0 aliphatic carbocycles. The molecule has 4 nitrogen and oxygen atoms in total. The quantitative estimate of drug-likeness (QED) is 0.767. The molecule has 2 rings (SSSR count). The highest BCUT2D eigenvalue weighted by atomic mass is 79.9. The molecule has 2 aromatic rings. The summed E-state index contributed by atoms with van der Waals surface area (Å²) < 4.78 is 1.57. The maximum Gasteiger partial charge on any atom is 0.257 e. The number of hydrogen-bond acceptors (Lipinski definition) is 3. The van der Waals surface area contributed by atoms with E-state index in [4.69, 9.17) is 11.6 Å². The van der Waals surface area contributed by atoms with E-state index < -0.39 is 0 Å². The van der Waals surface area contributed by atoms with Gasteiger partial charge in [-0.3, -0.25) is 4.79 Å². The minimum atomic E-state index is -0.283. The van der Waals surface area contributed by atoms with Gasteiger partial charge < -0.3 is 10.6 Å². The molecule has 0 saturated heterocycles. The maximum absolute atomic E-state index is 12.2. The Morgan fingerprint density at radius 1 is 1.30 bits per heavy atom. The highest BCUT2D eigenvalue weighted by molar-refractivity contribution is 9.11. The molecule has 0 spiro atoms. The molecule has 104 valence electrons. The number of carbonyl (C=O) groups excluding carboxylic acids is 1. The molecule has 0 saturated carbocycles. The van der Waals surface area contributed by atoms with Crippen molar-refractivity contribution in [2.24, 2.45) is 0 Å². The van der Waals surface area contributed by atoms with Crippen molar-refractivity contribution in [2.45, 2.75) is 0 Å². The zero-order valence-electron chi connectivity index (χ0n) is 10.4. The summed E-state index contributed by atoms with van der Waals surface area (Å²) in [6.07, 6.45) is 1.47. The molecule has 0 bridgehead atoms. The van der Waals surface area contributed by atoms with Crippen LogP contribution in [0, 0.1) is 0 Å². The maximum atomic E-state index is 12.2. The summed E-state index contributed by atoms with van der Waals surface area (Å²) in [7, 11) is 1.71. The first-order valence-corrected chi connectivity index (χ1v) is 7.58. The third-order valence-corrected chi connectivity index (χ3v) is 4.15. The number of carbonyl (C=O) groups is 1. The highest BCUT2D eigenvalue weighted by Crippen LogP contribution is 2.31. The van der Waals surface area contributed by atoms with Crippen molar-refractivity contribution in [1.82, 2.24) is 4.98 Å². The number of para-hydroxylation sites is 1. The van der Waals surface area contributed by atoms with Crippen LogP contribution in [0.25, 0.3) is 0 Å². The number of pyridine rings is 1. The van der Waals surface area contributed by atoms with E-state index in [0.717, 1.165) is 8.95 Å². The molecule has 1 aromatic heterocycles. The van der Waals surface area contributed by atoms with Crippen LogP contribution in [0.4, 0.5) is 11.5 Å². The van der Waals surface area contributed by atoms with Crippen LogP contribution in [0.2, 0.25) is 5.02 Å². The van der Waals surface area contributed by atoms with Crippen LogP contribution in [-0.4, -0.2) is 17.9 Å². The Labute approximate surface area is 138 Å². The van der Waals surface area contributed by atoms with Gasteiger partial charge in [0.15, 0.2) is 0 Å². The Bertz CT molecular complexity index is 644. The van der Waals surface area contributed by atoms with E-state index in [1.807, 2.05) is 18.2 Å². The van der Waals surface area contributed by atoms with Gasteiger partial charge >= 0.3 is 0 Å². The number of rotatable bonds is 3. The smallest absolute Gasteiger partial charge is 0.257 e. The summed E-state index contributed by atoms with van der Waals surface area (Å²) in [5, 5.41) is 6.04. The van der Waals surface area contributed by atoms with Crippen LogP contribution in [0.5, 0.6) is 0 Å². The van der Waals surface area contributed by atoms with E-state index in [9.17, 15) is 4.79 Å². The summed E-state index contributed by atoms with van der Waals surface area (Å²) in [5.41, 5.74) is 1.04. The lowest BCUT2D eigenvalue weighted by atomic mass is 10.2. The predicted octanol–water partition coefficient (Wildman–Crippen LogP) is 4.55. The van der Waals surface area contributed by atoms with Gasteiger partial charge in [0.25, 0.3) is 5.91 Å². The third kappa shape index (κ3) is 3.31. The normalized spacial score (nSPS) is 10.2. The molecule has 1 aromatic carbocycles. The van der Waals surface area contributed by atoms with E-state index in [2.05, 4.69) is 47.5 Å². The lowest BCUT2D eigenvalue weighted by Crippen LogP contribution is -2.13. The average molecular weight is 420 g/mol. The SMILES string of the molecule is CNc1ncc(C(=O)Nc2c(Br)cccc2Br)cc1Cl. The number of nitrogens with one attached hydrogen (secondary N) is 2. The van der Waals surface area contributed by atoms with Crippen molar-refractivity contribution in [3.05, 3.63) is 50.0 Å². The van der Waals surface area contributed by atoms with Gasteiger partial charge in [0, 0.05) is 22.2 Å². The Hall–Kier alpha value is -1.11. The topological polar surface area (TPSA) is 54.0 Å². The molecule has 1 amide bonds. The van der Waals surface area contributed by atoms with Gasteiger partial charge in [0.05, 0.1) is 16.3 Å². The second-order valence-corrected chi connectivity index (χ2v) is 5.97. The van der Waals surface area contributed by atoms with Crippen LogP contribution in [0.15, 0.2) is 39.4 Å². The van der Waals surface area contributed by atoms with Crippen LogP contribution in [-0.2, 0) is 0 Å². The fraction of sp³-hybridized carbons (Fsp3) is 0.0769. The zero-order chi connectivity index (χ0) is 14.7. The molecule has 7 heteroatoms. The summed E-state index contributed by atoms with van der Waals surface area (Å²) in [4.78, 5) is 16.3. The second kappa shape index (κ2) is 6.56. The van der Waals surface area contributed by atoms with Crippen LogP contribution in [0.1, 0.15) is 10.4 Å². The number of anilines is 2. The van der Waals surface area contributed by atoms with Crippen molar-refractivity contribution in [3.8, 4) is 0 Å². The molecule has 1 heterocycles. The van der Waals surface area contributed by atoms with Crippen molar-refractivity contribution < 1.29 is 4.79 Å². The molecule has 2 N–H and O–H groups in total. The Morgan fingerprint density at radius 3 is 2.50 bits per heavy atom. The van der Waals surface area contributed by atoms with Crippen molar-refractivity contribution in [1.29, 1.82) is 0 Å². The van der Waals surface area contributed by atoms with E-state index in [1.165, 1.54) is 6.20 Å². The molecule has 20 heavy (non-hydrogen) atoms. The fourth-order valence-corrected chi connectivity index (χ4v) is 3.01. The van der Waals surface area contributed by atoms with E-state index in [1.54, 1.807) is 13.1 Å². The number of halogens is 3. The number of aromatic nitrogens is 1. The minimum absolute atomic E-state index is 0.283. The van der Waals surface area contributed by atoms with Gasteiger partial charge in [0.1, 0.15) is 5.82 Å². The second-order valence-electron chi connectivity index (χ2n) is 3.86. The fourth-order valence-electron chi connectivity index (χ4n) is 1.55. The van der Waals surface area contributed by atoms with E-state index in [0.29, 0.717) is 22.1 Å². The summed E-state index contributed by atoms with van der Waals surface area (Å²) in [5.74, 6) is 0.250. The minimum Gasteiger partial charge on any atom is -0.372 e. The lowest BCUT2D eigenvalue weighted by molar-refractivity contribution is 0.102. The largest absolute Gasteiger partial charge is 0.372 e. The number of hydrogen-bond donors (Lipinski definition) is 2. The van der Waals surface area contributed by atoms with Gasteiger partial charge in [-0.05, 0) is 50.1 Å². The number of amides is 1. The molecule has 0 aliphatic rings. The Morgan fingerprint density at radius 2 is 1.95 bits per heavy atom. The summed E-state index contributed by atoms with van der Waals surface area (Å²) >= 11 is 12.8. The Balaban J connectivity index is 2.26. The first kappa shape index (κ1) is 15.3. The molecule has 0 aliphatic heterocycles. The average Bonchev–Trinajstić information content (AvgIpc) is 2.42. The molecule has 0 unspecified atom stereocenters. The summed E-state index contributed by atoms with van der Waals surface area (Å²) in [6, 6.07) is 7.12. The molecule has 0 radical (unpaired) electrons. The van der Waals surface area contributed by atoms with Crippen molar-refractivity contribution in [3.63, 3.8) is 0 Å². The molecular weight excluding hydrogens is 409 g/mol. The first-order valence-electron chi connectivity index (χ1n) is 5.61. The number of benzene rings is 1.